The van der Waals surface area contributed by atoms with E-state index in [1.54, 1.807) is 4.90 Å². The van der Waals surface area contributed by atoms with Crippen LogP contribution in [-0.2, 0) is 16.0 Å². The van der Waals surface area contributed by atoms with Gasteiger partial charge >= 0.3 is 0 Å². The van der Waals surface area contributed by atoms with Gasteiger partial charge in [-0.05, 0) is 61.9 Å². The highest BCUT2D eigenvalue weighted by Gasteiger charge is 2.40. The molecule has 2 aliphatic rings. The number of nitrogens with zero attached hydrogens (tertiary/aromatic N) is 1. The fraction of sp³-hybridized carbons (Fsp3) is 0.440. The second-order valence-corrected chi connectivity index (χ2v) is 8.53. The molecule has 2 aromatic carbocycles. The van der Waals surface area contributed by atoms with Gasteiger partial charge < -0.3 is 20.6 Å². The smallest absolute Gasteiger partial charge is 0.247 e. The van der Waals surface area contributed by atoms with Gasteiger partial charge in [-0.2, -0.15) is 0 Å². The number of aliphatic hydroxyl groups is 1. The van der Waals surface area contributed by atoms with Gasteiger partial charge in [0.05, 0.1) is 6.10 Å². The number of hydrogen-bond acceptors (Lipinski definition) is 4. The van der Waals surface area contributed by atoms with Crippen molar-refractivity contribution in [2.24, 2.45) is 5.92 Å². The number of carbonyl (C=O) groups is 2. The number of likely N-dealkylation sites (tertiary alicyclic amines) is 1. The SMILES string of the molecule is O=C(Nc1ccc(CCNCC(O)c2ccccc2)cc1)C1CCCN1C(=O)C1CC1. The third kappa shape index (κ3) is 5.71. The Morgan fingerprint density at radius 2 is 1.77 bits per heavy atom. The summed E-state index contributed by atoms with van der Waals surface area (Å²) in [6.07, 6.45) is 3.88. The molecule has 2 fully saturated rings. The summed E-state index contributed by atoms with van der Waals surface area (Å²) in [7, 11) is 0. The van der Waals surface area contributed by atoms with Crippen molar-refractivity contribution < 1.29 is 14.7 Å². The molecule has 0 spiro atoms. The van der Waals surface area contributed by atoms with Crippen LogP contribution in [0.5, 0.6) is 0 Å². The maximum Gasteiger partial charge on any atom is 0.247 e. The lowest BCUT2D eigenvalue weighted by molar-refractivity contribution is -0.137. The summed E-state index contributed by atoms with van der Waals surface area (Å²) in [5.74, 6) is 0.212. The van der Waals surface area contributed by atoms with Crippen molar-refractivity contribution in [3.63, 3.8) is 0 Å². The number of rotatable bonds is 9. The highest BCUT2D eigenvalue weighted by atomic mass is 16.3. The second kappa shape index (κ2) is 10.1. The zero-order valence-electron chi connectivity index (χ0n) is 17.8. The number of benzene rings is 2. The van der Waals surface area contributed by atoms with Crippen LogP contribution >= 0.6 is 0 Å². The molecule has 2 aromatic rings. The van der Waals surface area contributed by atoms with Crippen molar-refractivity contribution in [1.29, 1.82) is 0 Å². The molecule has 0 bridgehead atoms. The third-order valence-corrected chi connectivity index (χ3v) is 6.10. The van der Waals surface area contributed by atoms with Crippen LogP contribution in [0.15, 0.2) is 54.6 Å². The third-order valence-electron chi connectivity index (χ3n) is 6.10. The van der Waals surface area contributed by atoms with Gasteiger partial charge in [-0.15, -0.1) is 0 Å². The van der Waals surface area contributed by atoms with E-state index in [4.69, 9.17) is 0 Å². The van der Waals surface area contributed by atoms with Gasteiger partial charge in [0.2, 0.25) is 11.8 Å². The largest absolute Gasteiger partial charge is 0.387 e. The van der Waals surface area contributed by atoms with Crippen molar-refractivity contribution in [3.8, 4) is 0 Å². The standard InChI is InChI=1S/C25H31N3O3/c29-23(19-5-2-1-3-6-19)17-26-15-14-18-8-12-21(13-9-18)27-24(30)22-7-4-16-28(22)25(31)20-10-11-20/h1-3,5-6,8-9,12-13,20,22-23,26,29H,4,7,10-11,14-17H2,(H,27,30). The van der Waals surface area contributed by atoms with Gasteiger partial charge in [-0.3, -0.25) is 9.59 Å². The Morgan fingerprint density at radius 3 is 2.48 bits per heavy atom. The lowest BCUT2D eigenvalue weighted by Crippen LogP contribution is -2.43. The van der Waals surface area contributed by atoms with E-state index in [1.807, 2.05) is 54.6 Å². The Balaban J connectivity index is 1.21. The Labute approximate surface area is 183 Å². The minimum Gasteiger partial charge on any atom is -0.387 e. The van der Waals surface area contributed by atoms with Crippen molar-refractivity contribution in [3.05, 3.63) is 65.7 Å². The van der Waals surface area contributed by atoms with Crippen LogP contribution in [0.2, 0.25) is 0 Å². The summed E-state index contributed by atoms with van der Waals surface area (Å²) in [5.41, 5.74) is 2.83. The normalized spacial score (nSPS) is 19.3. The highest BCUT2D eigenvalue weighted by molar-refractivity contribution is 5.98. The molecular weight excluding hydrogens is 390 g/mol. The maximum absolute atomic E-state index is 12.7. The maximum atomic E-state index is 12.7. The molecule has 4 rings (SSSR count). The quantitative estimate of drug-likeness (QED) is 0.544. The molecule has 1 aliphatic carbocycles. The van der Waals surface area contributed by atoms with E-state index < -0.39 is 6.10 Å². The number of carbonyl (C=O) groups excluding carboxylic acids is 2. The zero-order chi connectivity index (χ0) is 21.6. The van der Waals surface area contributed by atoms with Gasteiger partial charge in [0.15, 0.2) is 0 Å². The fourth-order valence-electron chi connectivity index (χ4n) is 4.11. The summed E-state index contributed by atoms with van der Waals surface area (Å²) < 4.78 is 0. The van der Waals surface area contributed by atoms with Crippen LogP contribution in [0.1, 0.15) is 42.9 Å². The number of anilines is 1. The average Bonchev–Trinajstić information content (AvgIpc) is 3.53. The van der Waals surface area contributed by atoms with Crippen molar-refractivity contribution >= 4 is 17.5 Å². The van der Waals surface area contributed by atoms with E-state index in [0.29, 0.717) is 13.1 Å². The summed E-state index contributed by atoms with van der Waals surface area (Å²) in [6.45, 7) is 1.96. The van der Waals surface area contributed by atoms with E-state index >= 15 is 0 Å². The first-order valence-electron chi connectivity index (χ1n) is 11.3. The van der Waals surface area contributed by atoms with E-state index in [1.165, 1.54) is 0 Å². The summed E-state index contributed by atoms with van der Waals surface area (Å²) >= 11 is 0. The fourth-order valence-corrected chi connectivity index (χ4v) is 4.11. The van der Waals surface area contributed by atoms with Crippen LogP contribution in [0.3, 0.4) is 0 Å². The average molecular weight is 422 g/mol. The van der Waals surface area contributed by atoms with E-state index in [9.17, 15) is 14.7 Å². The van der Waals surface area contributed by atoms with Crippen LogP contribution in [-0.4, -0.2) is 47.5 Å². The zero-order valence-corrected chi connectivity index (χ0v) is 17.8. The van der Waals surface area contributed by atoms with Gasteiger partial charge in [-0.25, -0.2) is 0 Å². The number of hydrogen-bond donors (Lipinski definition) is 3. The highest BCUT2D eigenvalue weighted by Crippen LogP contribution is 2.33. The Bertz CT molecular complexity index is 881. The first kappa shape index (κ1) is 21.5. The first-order valence-corrected chi connectivity index (χ1v) is 11.3. The molecule has 1 aliphatic heterocycles. The molecule has 6 heteroatoms. The predicted molar refractivity (Wildman–Crippen MR) is 121 cm³/mol. The molecular formula is C25H31N3O3. The Kier molecular flexibility index (Phi) is 6.99. The molecule has 6 nitrogen and oxygen atoms in total. The molecule has 31 heavy (non-hydrogen) atoms. The van der Waals surface area contributed by atoms with Crippen LogP contribution in [0, 0.1) is 5.92 Å². The second-order valence-electron chi connectivity index (χ2n) is 8.53. The van der Waals surface area contributed by atoms with Crippen molar-refractivity contribution in [1.82, 2.24) is 10.2 Å². The number of nitrogens with one attached hydrogen (secondary N) is 2. The first-order chi connectivity index (χ1) is 15.1. The Hall–Kier alpha value is -2.70. The minimum absolute atomic E-state index is 0.0872. The van der Waals surface area contributed by atoms with Crippen molar-refractivity contribution in [2.45, 2.75) is 44.2 Å². The lowest BCUT2D eigenvalue weighted by atomic mass is 10.1. The predicted octanol–water partition coefficient (Wildman–Crippen LogP) is 2.89. The van der Waals surface area contributed by atoms with E-state index in [0.717, 1.165) is 55.5 Å². The van der Waals surface area contributed by atoms with Gasteiger partial charge in [0.1, 0.15) is 6.04 Å². The minimum atomic E-state index is -0.513. The monoisotopic (exact) mass is 421 g/mol. The van der Waals surface area contributed by atoms with Crippen LogP contribution < -0.4 is 10.6 Å². The summed E-state index contributed by atoms with van der Waals surface area (Å²) in [4.78, 5) is 26.9. The molecule has 2 atom stereocenters. The van der Waals surface area contributed by atoms with Crippen LogP contribution in [0.4, 0.5) is 5.69 Å². The van der Waals surface area contributed by atoms with E-state index in [-0.39, 0.29) is 23.8 Å². The summed E-state index contributed by atoms with van der Waals surface area (Å²) in [5, 5.41) is 16.4. The lowest BCUT2D eigenvalue weighted by Gasteiger charge is -2.24. The molecule has 1 saturated heterocycles. The molecule has 3 N–H and O–H groups in total. The van der Waals surface area contributed by atoms with E-state index in [2.05, 4.69) is 10.6 Å². The molecule has 0 aromatic heterocycles. The topological polar surface area (TPSA) is 81.7 Å². The number of amides is 2. The van der Waals surface area contributed by atoms with Gasteiger partial charge in [0, 0.05) is 24.7 Å². The number of aliphatic hydroxyl groups excluding tert-OH is 1. The van der Waals surface area contributed by atoms with Gasteiger partial charge in [-0.1, -0.05) is 42.5 Å². The van der Waals surface area contributed by atoms with Gasteiger partial charge in [0.25, 0.3) is 0 Å². The molecule has 2 amide bonds. The molecule has 0 radical (unpaired) electrons. The van der Waals surface area contributed by atoms with Crippen LogP contribution in [0.25, 0.3) is 0 Å². The molecule has 1 saturated carbocycles. The molecule has 164 valence electrons. The molecule has 1 heterocycles. The van der Waals surface area contributed by atoms with Crippen molar-refractivity contribution in [2.75, 3.05) is 25.0 Å². The Morgan fingerprint density at radius 1 is 1.03 bits per heavy atom. The summed E-state index contributed by atoms with van der Waals surface area (Å²) in [6, 6.07) is 17.1. The molecule has 2 unspecified atom stereocenters.